The Labute approximate surface area is 125 Å². The Hall–Kier alpha value is -1.88. The Balaban J connectivity index is 1.92. The van der Waals surface area contributed by atoms with Crippen molar-refractivity contribution < 1.29 is 4.79 Å². The van der Waals surface area contributed by atoms with Crippen LogP contribution >= 0.6 is 15.9 Å². The minimum atomic E-state index is -0.0164. The molecule has 102 valence electrons. The third-order valence-corrected chi connectivity index (χ3v) is 3.77. The molecule has 5 heteroatoms. The van der Waals surface area contributed by atoms with E-state index in [0.717, 1.165) is 17.3 Å². The summed E-state index contributed by atoms with van der Waals surface area (Å²) in [6.45, 7) is 0. The third-order valence-electron chi connectivity index (χ3n) is 3.24. The summed E-state index contributed by atoms with van der Waals surface area (Å²) in [5.74, 6) is 0.645. The summed E-state index contributed by atoms with van der Waals surface area (Å²) in [4.78, 5) is 18.7. The van der Waals surface area contributed by atoms with E-state index in [1.807, 2.05) is 24.3 Å². The van der Waals surface area contributed by atoms with Crippen molar-refractivity contribution in [3.05, 3.63) is 52.6 Å². The van der Waals surface area contributed by atoms with E-state index in [1.54, 1.807) is 23.2 Å². The smallest absolute Gasteiger partial charge is 0.259 e. The van der Waals surface area contributed by atoms with Crippen molar-refractivity contribution in [2.45, 2.75) is 18.9 Å². The third kappa shape index (κ3) is 2.67. The standard InChI is InChI=1S/C15H14BrN3O/c16-11-3-1-10(2-4-11)15(20)19(13-6-7-13)14-8-5-12(17)9-18-14/h1-5,8-9,13H,6-7,17H2. The minimum Gasteiger partial charge on any atom is -0.397 e. The molecule has 2 aromatic rings. The number of carbonyl (C=O) groups is 1. The molecule has 1 aliphatic rings. The Morgan fingerprint density at radius 2 is 1.90 bits per heavy atom. The van der Waals surface area contributed by atoms with Crippen LogP contribution in [0.15, 0.2) is 47.1 Å². The lowest BCUT2D eigenvalue weighted by Crippen LogP contribution is -2.33. The molecule has 1 aliphatic carbocycles. The molecule has 1 amide bonds. The fourth-order valence-electron chi connectivity index (χ4n) is 2.06. The highest BCUT2D eigenvalue weighted by molar-refractivity contribution is 9.10. The Bertz CT molecular complexity index is 621. The van der Waals surface area contributed by atoms with Gasteiger partial charge in [0.25, 0.3) is 5.91 Å². The zero-order valence-electron chi connectivity index (χ0n) is 10.8. The van der Waals surface area contributed by atoms with Gasteiger partial charge in [-0.25, -0.2) is 4.98 Å². The van der Waals surface area contributed by atoms with Gasteiger partial charge in [0.2, 0.25) is 0 Å². The first-order valence-electron chi connectivity index (χ1n) is 6.46. The van der Waals surface area contributed by atoms with Crippen molar-refractivity contribution >= 4 is 33.3 Å². The number of nitrogens with two attached hydrogens (primary N) is 1. The number of carbonyl (C=O) groups excluding carboxylic acids is 1. The van der Waals surface area contributed by atoms with E-state index < -0.39 is 0 Å². The number of pyridine rings is 1. The number of halogens is 1. The fourth-order valence-corrected chi connectivity index (χ4v) is 2.33. The van der Waals surface area contributed by atoms with Crippen molar-refractivity contribution in [3.8, 4) is 0 Å². The maximum atomic E-state index is 12.7. The molecule has 1 aromatic carbocycles. The topological polar surface area (TPSA) is 59.2 Å². The number of aromatic nitrogens is 1. The van der Waals surface area contributed by atoms with Gasteiger partial charge in [0, 0.05) is 16.1 Å². The van der Waals surface area contributed by atoms with E-state index in [9.17, 15) is 4.79 Å². The number of rotatable bonds is 3. The molecular formula is C15H14BrN3O. The van der Waals surface area contributed by atoms with Crippen LogP contribution in [0, 0.1) is 0 Å². The van der Waals surface area contributed by atoms with E-state index in [-0.39, 0.29) is 11.9 Å². The first-order valence-corrected chi connectivity index (χ1v) is 7.25. The van der Waals surface area contributed by atoms with Crippen molar-refractivity contribution in [3.63, 3.8) is 0 Å². The maximum absolute atomic E-state index is 12.7. The molecule has 0 unspecified atom stereocenters. The van der Waals surface area contributed by atoms with E-state index in [4.69, 9.17) is 5.73 Å². The first kappa shape index (κ1) is 13.1. The molecule has 1 heterocycles. The molecular weight excluding hydrogens is 318 g/mol. The minimum absolute atomic E-state index is 0.0164. The molecule has 4 nitrogen and oxygen atoms in total. The Kier molecular flexibility index (Phi) is 3.44. The lowest BCUT2D eigenvalue weighted by atomic mass is 10.2. The van der Waals surface area contributed by atoms with Crippen molar-refractivity contribution in [1.29, 1.82) is 0 Å². The molecule has 1 fully saturated rings. The highest BCUT2D eigenvalue weighted by atomic mass is 79.9. The van der Waals surface area contributed by atoms with Crippen LogP contribution in [0.4, 0.5) is 11.5 Å². The summed E-state index contributed by atoms with van der Waals surface area (Å²) in [6, 6.07) is 11.2. The number of benzene rings is 1. The predicted octanol–water partition coefficient (Wildman–Crippen LogP) is 3.24. The molecule has 0 aliphatic heterocycles. The summed E-state index contributed by atoms with van der Waals surface area (Å²) in [6.07, 6.45) is 3.63. The number of nitrogens with zero attached hydrogens (tertiary/aromatic N) is 2. The van der Waals surface area contributed by atoms with Crippen LogP contribution in [0.1, 0.15) is 23.2 Å². The number of anilines is 2. The monoisotopic (exact) mass is 331 g/mol. The lowest BCUT2D eigenvalue weighted by Gasteiger charge is -2.21. The second-order valence-electron chi connectivity index (χ2n) is 4.86. The van der Waals surface area contributed by atoms with Crippen LogP contribution in [-0.2, 0) is 0 Å². The van der Waals surface area contributed by atoms with Crippen LogP contribution in [0.3, 0.4) is 0 Å². The molecule has 1 saturated carbocycles. The van der Waals surface area contributed by atoms with Crippen LogP contribution < -0.4 is 10.6 Å². The second kappa shape index (κ2) is 5.25. The van der Waals surface area contributed by atoms with Gasteiger partial charge in [-0.15, -0.1) is 0 Å². The summed E-state index contributed by atoms with van der Waals surface area (Å²) in [5.41, 5.74) is 6.91. The van der Waals surface area contributed by atoms with Crippen LogP contribution in [0.5, 0.6) is 0 Å². The number of amides is 1. The van der Waals surface area contributed by atoms with Crippen molar-refractivity contribution in [2.24, 2.45) is 0 Å². The molecule has 1 aromatic heterocycles. The van der Waals surface area contributed by atoms with Gasteiger partial charge in [0.1, 0.15) is 5.82 Å². The molecule has 3 rings (SSSR count). The fraction of sp³-hybridized carbons (Fsp3) is 0.200. The van der Waals surface area contributed by atoms with Gasteiger partial charge >= 0.3 is 0 Å². The normalized spacial score (nSPS) is 14.1. The molecule has 0 spiro atoms. The predicted molar refractivity (Wildman–Crippen MR) is 82.6 cm³/mol. The van der Waals surface area contributed by atoms with Gasteiger partial charge in [-0.05, 0) is 49.2 Å². The highest BCUT2D eigenvalue weighted by Gasteiger charge is 2.34. The molecule has 2 N–H and O–H groups in total. The van der Waals surface area contributed by atoms with Crippen LogP contribution in [0.2, 0.25) is 0 Å². The zero-order valence-corrected chi connectivity index (χ0v) is 12.4. The Morgan fingerprint density at radius 3 is 2.45 bits per heavy atom. The highest BCUT2D eigenvalue weighted by Crippen LogP contribution is 2.32. The molecule has 20 heavy (non-hydrogen) atoms. The largest absolute Gasteiger partial charge is 0.397 e. The van der Waals surface area contributed by atoms with Crippen molar-refractivity contribution in [1.82, 2.24) is 4.98 Å². The molecule has 0 saturated heterocycles. The number of hydrogen-bond donors (Lipinski definition) is 1. The van der Waals surface area contributed by atoms with Gasteiger partial charge < -0.3 is 5.73 Å². The van der Waals surface area contributed by atoms with Crippen molar-refractivity contribution in [2.75, 3.05) is 10.6 Å². The van der Waals surface area contributed by atoms with Gasteiger partial charge in [-0.3, -0.25) is 9.69 Å². The summed E-state index contributed by atoms with van der Waals surface area (Å²) in [7, 11) is 0. The van der Waals surface area contributed by atoms with E-state index in [2.05, 4.69) is 20.9 Å². The average molecular weight is 332 g/mol. The lowest BCUT2D eigenvalue weighted by molar-refractivity contribution is 0.0984. The van der Waals surface area contributed by atoms with Gasteiger partial charge in [0.05, 0.1) is 11.9 Å². The quantitative estimate of drug-likeness (QED) is 0.939. The van der Waals surface area contributed by atoms with Crippen LogP contribution in [-0.4, -0.2) is 16.9 Å². The average Bonchev–Trinajstić information content (AvgIpc) is 3.26. The number of hydrogen-bond acceptors (Lipinski definition) is 3. The molecule has 0 atom stereocenters. The van der Waals surface area contributed by atoms with E-state index >= 15 is 0 Å². The SMILES string of the molecule is Nc1ccc(N(C(=O)c2ccc(Br)cc2)C2CC2)nc1. The Morgan fingerprint density at radius 1 is 1.20 bits per heavy atom. The van der Waals surface area contributed by atoms with Gasteiger partial charge in [-0.1, -0.05) is 15.9 Å². The summed E-state index contributed by atoms with van der Waals surface area (Å²) < 4.78 is 0.956. The summed E-state index contributed by atoms with van der Waals surface area (Å²) in [5, 5.41) is 0. The van der Waals surface area contributed by atoms with E-state index in [0.29, 0.717) is 17.1 Å². The maximum Gasteiger partial charge on any atom is 0.259 e. The first-order chi connectivity index (χ1) is 9.65. The molecule has 0 radical (unpaired) electrons. The second-order valence-corrected chi connectivity index (χ2v) is 5.78. The van der Waals surface area contributed by atoms with E-state index in [1.165, 1.54) is 0 Å². The van der Waals surface area contributed by atoms with Crippen LogP contribution in [0.25, 0.3) is 0 Å². The summed E-state index contributed by atoms with van der Waals surface area (Å²) >= 11 is 3.37. The van der Waals surface area contributed by atoms with Gasteiger partial charge in [0.15, 0.2) is 0 Å². The molecule has 0 bridgehead atoms. The zero-order chi connectivity index (χ0) is 14.1. The number of nitrogen functional groups attached to an aromatic ring is 1. The van der Waals surface area contributed by atoms with Gasteiger partial charge in [-0.2, -0.15) is 0 Å².